The van der Waals surface area contributed by atoms with Crippen LogP contribution in [0.1, 0.15) is 56.7 Å². The Morgan fingerprint density at radius 3 is 2.52 bits per heavy atom. The summed E-state index contributed by atoms with van der Waals surface area (Å²) in [5.41, 5.74) is 10.1. The van der Waals surface area contributed by atoms with Crippen LogP contribution in [-0.4, -0.2) is 28.1 Å². The van der Waals surface area contributed by atoms with Gasteiger partial charge in [-0.25, -0.2) is 13.2 Å². The molecule has 1 aliphatic heterocycles. The average Bonchev–Trinajstić information content (AvgIpc) is 3.25. The molecule has 42 heavy (non-hydrogen) atoms. The number of anilines is 1. The van der Waals surface area contributed by atoms with E-state index in [0.29, 0.717) is 22.4 Å². The topological polar surface area (TPSA) is 117 Å². The van der Waals surface area contributed by atoms with Gasteiger partial charge >= 0.3 is 0 Å². The van der Waals surface area contributed by atoms with Crippen molar-refractivity contribution < 1.29 is 27.9 Å². The number of pyridine rings is 1. The third kappa shape index (κ3) is 5.90. The van der Waals surface area contributed by atoms with Crippen LogP contribution in [0.2, 0.25) is 0 Å². The number of hydrogen-bond acceptors (Lipinski definition) is 5. The van der Waals surface area contributed by atoms with E-state index in [9.17, 15) is 27.9 Å². The summed E-state index contributed by atoms with van der Waals surface area (Å²) in [6.45, 7) is 3.87. The van der Waals surface area contributed by atoms with Crippen molar-refractivity contribution in [1.29, 1.82) is 0 Å². The molecule has 2 heterocycles. The summed E-state index contributed by atoms with van der Waals surface area (Å²) in [5.74, 6) is -4.13. The number of aliphatic hydroxyl groups is 1. The molecule has 0 spiro atoms. The summed E-state index contributed by atoms with van der Waals surface area (Å²) in [7, 11) is 0. The summed E-state index contributed by atoms with van der Waals surface area (Å²) >= 11 is 0. The number of carbonyl (C=O) groups excluding carboxylic acids is 2. The van der Waals surface area contributed by atoms with E-state index in [0.717, 1.165) is 34.5 Å². The average molecular weight is 575 g/mol. The number of carbonyl (C=O) groups is 2. The molecular weight excluding hydrogens is 545 g/mol. The quantitative estimate of drug-likeness (QED) is 0.205. The molecule has 5 rings (SSSR count). The number of nitrogens with zero attached hydrogens (tertiary/aromatic N) is 1. The highest BCUT2D eigenvalue weighted by Crippen LogP contribution is 2.39. The summed E-state index contributed by atoms with van der Waals surface area (Å²) in [4.78, 5) is 29.2. The maximum atomic E-state index is 14.2. The smallest absolute Gasteiger partial charge is 0.251 e. The highest BCUT2D eigenvalue weighted by molar-refractivity contribution is 6.03. The van der Waals surface area contributed by atoms with Crippen LogP contribution in [0.5, 0.6) is 0 Å². The largest absolute Gasteiger partial charge is 0.379 e. The number of amides is 2. The van der Waals surface area contributed by atoms with Gasteiger partial charge in [0.15, 0.2) is 0 Å². The lowest BCUT2D eigenvalue weighted by molar-refractivity contribution is -0.117. The lowest BCUT2D eigenvalue weighted by atomic mass is 9.92. The van der Waals surface area contributed by atoms with Crippen molar-refractivity contribution in [1.82, 2.24) is 10.3 Å². The number of rotatable bonds is 9. The number of aryl methyl sites for hydroxylation is 1. The van der Waals surface area contributed by atoms with Gasteiger partial charge in [0, 0.05) is 29.9 Å². The number of hydrogen-bond donors (Lipinski definition) is 4. The third-order valence-corrected chi connectivity index (χ3v) is 7.63. The minimum absolute atomic E-state index is 0.00533. The molecule has 2 amide bonds. The first-order valence-corrected chi connectivity index (χ1v) is 13.4. The molecular formula is C32H29F3N4O3. The molecule has 0 fully saturated rings. The van der Waals surface area contributed by atoms with Crippen LogP contribution < -0.4 is 16.4 Å². The molecule has 0 saturated carbocycles. The number of nitrogens with two attached hydrogens (primary N) is 1. The molecule has 216 valence electrons. The molecule has 0 saturated heterocycles. The van der Waals surface area contributed by atoms with Crippen LogP contribution in [0.3, 0.4) is 0 Å². The van der Waals surface area contributed by atoms with Crippen LogP contribution in [0, 0.1) is 31.3 Å². The first-order valence-electron chi connectivity index (χ1n) is 13.4. The van der Waals surface area contributed by atoms with Gasteiger partial charge in [-0.15, -0.1) is 0 Å². The minimum Gasteiger partial charge on any atom is -0.379 e. The zero-order valence-electron chi connectivity index (χ0n) is 22.9. The predicted molar refractivity (Wildman–Crippen MR) is 152 cm³/mol. The van der Waals surface area contributed by atoms with Gasteiger partial charge in [-0.2, -0.15) is 0 Å². The normalized spacial score (nSPS) is 15.7. The third-order valence-electron chi connectivity index (χ3n) is 7.63. The fourth-order valence-electron chi connectivity index (χ4n) is 5.42. The van der Waals surface area contributed by atoms with Crippen molar-refractivity contribution in [3.63, 3.8) is 0 Å². The Bertz CT molecular complexity index is 1670. The Kier molecular flexibility index (Phi) is 8.11. The molecule has 3 atom stereocenters. The first kappa shape index (κ1) is 29.0. The minimum atomic E-state index is -1.24. The highest BCUT2D eigenvalue weighted by Gasteiger charge is 2.34. The molecule has 1 aliphatic rings. The molecule has 0 aliphatic carbocycles. The zero-order chi connectivity index (χ0) is 30.1. The number of aromatic nitrogens is 1. The second-order valence-corrected chi connectivity index (χ2v) is 10.5. The van der Waals surface area contributed by atoms with Crippen molar-refractivity contribution in [2.75, 3.05) is 5.32 Å². The lowest BCUT2D eigenvalue weighted by Gasteiger charge is -2.26. The molecule has 5 N–H and O–H groups in total. The molecule has 2 unspecified atom stereocenters. The number of halogens is 3. The second-order valence-electron chi connectivity index (χ2n) is 10.5. The molecule has 1 aromatic heterocycles. The molecule has 7 nitrogen and oxygen atoms in total. The summed E-state index contributed by atoms with van der Waals surface area (Å²) in [6, 6.07) is 13.3. The standard InChI is InChI=1S/C32H29F3N4O3/c1-16-5-7-23-24(32(42)39-29(23)17(16)2)15-28(40)38-27(12-18-10-20(33)14-21(34)11-18)30-22(4-3-9-37-30)19-6-8-26(35)25(13-19)31(36)41/h3-11,13-14,24,27-28,38,40H,12,15H2,1-2H3,(H2,36,41)(H,39,42)/t24?,27-,28?/m0/s1. The summed E-state index contributed by atoms with van der Waals surface area (Å²) in [5, 5.41) is 17.2. The number of fused-ring (bicyclic) bond motifs is 1. The van der Waals surface area contributed by atoms with Gasteiger partial charge in [0.2, 0.25) is 5.91 Å². The van der Waals surface area contributed by atoms with Crippen LogP contribution in [0.15, 0.2) is 66.9 Å². The predicted octanol–water partition coefficient (Wildman–Crippen LogP) is 5.20. The van der Waals surface area contributed by atoms with Gasteiger partial charge in [0.05, 0.1) is 23.2 Å². The monoisotopic (exact) mass is 574 g/mol. The molecule has 0 bridgehead atoms. The first-order chi connectivity index (χ1) is 20.0. The van der Waals surface area contributed by atoms with Crippen LogP contribution >= 0.6 is 0 Å². The Balaban J connectivity index is 1.51. The lowest BCUT2D eigenvalue weighted by Crippen LogP contribution is -2.36. The van der Waals surface area contributed by atoms with Crippen molar-refractivity contribution in [3.05, 3.63) is 118 Å². The van der Waals surface area contributed by atoms with E-state index in [2.05, 4.69) is 15.6 Å². The number of primary amides is 1. The number of aliphatic hydroxyl groups excluding tert-OH is 1. The number of nitrogens with one attached hydrogen (secondary N) is 2. The second kappa shape index (κ2) is 11.8. The van der Waals surface area contributed by atoms with E-state index < -0.39 is 41.5 Å². The van der Waals surface area contributed by atoms with Crippen molar-refractivity contribution >= 4 is 17.5 Å². The zero-order valence-corrected chi connectivity index (χ0v) is 22.9. The number of benzene rings is 3. The Morgan fingerprint density at radius 1 is 1.07 bits per heavy atom. The maximum Gasteiger partial charge on any atom is 0.251 e. The maximum absolute atomic E-state index is 14.2. The molecule has 4 aromatic rings. The van der Waals surface area contributed by atoms with Gasteiger partial charge in [-0.1, -0.05) is 24.3 Å². The van der Waals surface area contributed by atoms with E-state index in [1.54, 1.807) is 12.1 Å². The van der Waals surface area contributed by atoms with E-state index in [-0.39, 0.29) is 24.3 Å². The Labute approximate surface area is 240 Å². The van der Waals surface area contributed by atoms with Crippen LogP contribution in [0.25, 0.3) is 11.1 Å². The van der Waals surface area contributed by atoms with E-state index in [1.165, 1.54) is 30.5 Å². The molecule has 0 radical (unpaired) electrons. The van der Waals surface area contributed by atoms with Crippen molar-refractivity contribution in [2.45, 2.75) is 44.9 Å². The fourth-order valence-corrected chi connectivity index (χ4v) is 5.42. The Morgan fingerprint density at radius 2 is 1.81 bits per heavy atom. The van der Waals surface area contributed by atoms with E-state index in [4.69, 9.17) is 5.73 Å². The van der Waals surface area contributed by atoms with Gasteiger partial charge in [0.1, 0.15) is 23.7 Å². The van der Waals surface area contributed by atoms with E-state index in [1.807, 2.05) is 26.0 Å². The van der Waals surface area contributed by atoms with Crippen LogP contribution in [0.4, 0.5) is 18.9 Å². The molecule has 10 heteroatoms. The highest BCUT2D eigenvalue weighted by atomic mass is 19.1. The molecule has 3 aromatic carbocycles. The summed E-state index contributed by atoms with van der Waals surface area (Å²) < 4.78 is 42.5. The van der Waals surface area contributed by atoms with Gasteiger partial charge in [-0.3, -0.25) is 19.9 Å². The summed E-state index contributed by atoms with van der Waals surface area (Å²) in [6.07, 6.45) is 0.294. The van der Waals surface area contributed by atoms with Crippen molar-refractivity contribution in [3.8, 4) is 11.1 Å². The van der Waals surface area contributed by atoms with Crippen molar-refractivity contribution in [2.24, 2.45) is 5.73 Å². The van der Waals surface area contributed by atoms with Crippen LogP contribution in [-0.2, 0) is 11.2 Å². The fraction of sp³-hybridized carbons (Fsp3) is 0.219. The Hall–Kier alpha value is -4.54. The van der Waals surface area contributed by atoms with Gasteiger partial charge in [0.25, 0.3) is 5.91 Å². The van der Waals surface area contributed by atoms with Gasteiger partial charge < -0.3 is 16.2 Å². The van der Waals surface area contributed by atoms with Gasteiger partial charge in [-0.05, 0) is 78.4 Å². The SMILES string of the molecule is Cc1ccc2c(c1C)NC(=O)C2CC(O)N[C@@H](Cc1cc(F)cc(F)c1)c1ncccc1-c1ccc(F)c(C(N)=O)c1. The van der Waals surface area contributed by atoms with E-state index >= 15 is 0 Å².